The zero-order valence-electron chi connectivity index (χ0n) is 17.6. The Morgan fingerprint density at radius 2 is 1.89 bits per heavy atom. The maximum absolute atomic E-state index is 5.45. The van der Waals surface area contributed by atoms with E-state index in [9.17, 15) is 0 Å². The molecule has 2 aromatic rings. The Labute approximate surface area is 190 Å². The molecule has 7 heteroatoms. The zero-order valence-corrected chi connectivity index (χ0v) is 20.8. The lowest BCUT2D eigenvalue weighted by molar-refractivity contribution is 0.353. The maximum atomic E-state index is 5.45. The van der Waals surface area contributed by atoms with Crippen molar-refractivity contribution in [3.8, 4) is 11.5 Å². The summed E-state index contributed by atoms with van der Waals surface area (Å²) in [4.78, 5) is 8.00. The molecule has 0 bridgehead atoms. The molecule has 0 fully saturated rings. The summed E-state index contributed by atoms with van der Waals surface area (Å²) in [5, 5.41) is 5.63. The number of hydrogen-bond donors (Lipinski definition) is 1. The highest BCUT2D eigenvalue weighted by Crippen LogP contribution is 2.32. The summed E-state index contributed by atoms with van der Waals surface area (Å²) in [6.07, 6.45) is 1.02. The molecule has 2 rings (SSSR count). The lowest BCUT2D eigenvalue weighted by Gasteiger charge is -2.29. The van der Waals surface area contributed by atoms with Gasteiger partial charge in [-0.2, -0.15) is 0 Å². The van der Waals surface area contributed by atoms with Crippen LogP contribution in [0.1, 0.15) is 24.3 Å². The fourth-order valence-corrected chi connectivity index (χ4v) is 3.58. The lowest BCUT2D eigenvalue weighted by Crippen LogP contribution is -2.44. The van der Waals surface area contributed by atoms with Crippen molar-refractivity contribution in [3.05, 3.63) is 46.2 Å². The van der Waals surface area contributed by atoms with Crippen molar-refractivity contribution in [3.63, 3.8) is 0 Å². The molecule has 1 aromatic heterocycles. The molecule has 1 aromatic carbocycles. The van der Waals surface area contributed by atoms with Crippen LogP contribution in [0.2, 0.25) is 0 Å². The SMILES string of the molecule is CN=C(NCC(C)(C)c1ccc(OC)c(OC)c1)N(C)CCc1cccs1.I. The molecular formula is C21H32IN3O2S. The Morgan fingerprint density at radius 3 is 2.46 bits per heavy atom. The van der Waals surface area contributed by atoms with Crippen LogP contribution in [0.5, 0.6) is 11.5 Å². The highest BCUT2D eigenvalue weighted by Gasteiger charge is 2.23. The Hall–Kier alpha value is -1.48. The number of nitrogens with one attached hydrogen (secondary N) is 1. The van der Waals surface area contributed by atoms with E-state index in [2.05, 4.69) is 59.7 Å². The molecule has 0 radical (unpaired) electrons. The van der Waals surface area contributed by atoms with E-state index in [1.54, 1.807) is 25.6 Å². The molecule has 0 spiro atoms. The van der Waals surface area contributed by atoms with E-state index in [0.29, 0.717) is 0 Å². The van der Waals surface area contributed by atoms with Gasteiger partial charge in [-0.25, -0.2) is 0 Å². The van der Waals surface area contributed by atoms with Crippen molar-refractivity contribution in [1.29, 1.82) is 0 Å². The van der Waals surface area contributed by atoms with E-state index in [4.69, 9.17) is 9.47 Å². The summed E-state index contributed by atoms with van der Waals surface area (Å²) in [5.74, 6) is 2.40. The van der Waals surface area contributed by atoms with Gasteiger partial charge in [-0.05, 0) is 35.6 Å². The largest absolute Gasteiger partial charge is 0.493 e. The number of thiophene rings is 1. The Morgan fingerprint density at radius 1 is 1.18 bits per heavy atom. The Balaban J connectivity index is 0.00000392. The van der Waals surface area contributed by atoms with Crippen LogP contribution < -0.4 is 14.8 Å². The number of hydrogen-bond acceptors (Lipinski definition) is 4. The predicted molar refractivity (Wildman–Crippen MR) is 130 cm³/mol. The summed E-state index contributed by atoms with van der Waals surface area (Å²) in [5.41, 5.74) is 1.09. The minimum Gasteiger partial charge on any atom is -0.493 e. The number of ether oxygens (including phenoxy) is 2. The predicted octanol–water partition coefficient (Wildman–Crippen LogP) is 4.41. The van der Waals surface area contributed by atoms with Gasteiger partial charge in [0.25, 0.3) is 0 Å². The quantitative estimate of drug-likeness (QED) is 0.320. The third kappa shape index (κ3) is 6.55. The van der Waals surface area contributed by atoms with Crippen molar-refractivity contribution in [1.82, 2.24) is 10.2 Å². The molecular weight excluding hydrogens is 485 g/mol. The van der Waals surface area contributed by atoms with Crippen LogP contribution in [-0.4, -0.2) is 52.3 Å². The highest BCUT2D eigenvalue weighted by atomic mass is 127. The van der Waals surface area contributed by atoms with Crippen LogP contribution in [0.25, 0.3) is 0 Å². The Kier molecular flexibility index (Phi) is 10.1. The monoisotopic (exact) mass is 517 g/mol. The van der Waals surface area contributed by atoms with Crippen molar-refractivity contribution >= 4 is 41.3 Å². The van der Waals surface area contributed by atoms with Crippen molar-refractivity contribution in [2.75, 3.05) is 41.4 Å². The first kappa shape index (κ1) is 24.6. The molecule has 0 aliphatic heterocycles. The fourth-order valence-electron chi connectivity index (χ4n) is 2.88. The number of halogens is 1. The number of likely N-dealkylation sites (N-methyl/N-ethyl adjacent to an activating group) is 1. The minimum absolute atomic E-state index is 0. The molecule has 5 nitrogen and oxygen atoms in total. The van der Waals surface area contributed by atoms with Crippen molar-refractivity contribution in [2.24, 2.45) is 4.99 Å². The van der Waals surface area contributed by atoms with E-state index in [1.165, 1.54) is 10.4 Å². The summed E-state index contributed by atoms with van der Waals surface area (Å²) in [6, 6.07) is 10.4. The first-order valence-corrected chi connectivity index (χ1v) is 9.96. The van der Waals surface area contributed by atoms with Crippen LogP contribution in [-0.2, 0) is 11.8 Å². The fraction of sp³-hybridized carbons (Fsp3) is 0.476. The van der Waals surface area contributed by atoms with Gasteiger partial charge in [-0.3, -0.25) is 4.99 Å². The molecule has 0 aliphatic carbocycles. The second kappa shape index (κ2) is 11.5. The van der Waals surface area contributed by atoms with Gasteiger partial charge in [-0.1, -0.05) is 26.0 Å². The first-order chi connectivity index (χ1) is 12.9. The van der Waals surface area contributed by atoms with Crippen molar-refractivity contribution < 1.29 is 9.47 Å². The second-order valence-corrected chi connectivity index (χ2v) is 8.14. The summed E-state index contributed by atoms with van der Waals surface area (Å²) < 4.78 is 10.8. The molecule has 28 heavy (non-hydrogen) atoms. The van der Waals surface area contributed by atoms with Crippen LogP contribution in [0.4, 0.5) is 0 Å². The number of nitrogens with zero attached hydrogens (tertiary/aromatic N) is 2. The lowest BCUT2D eigenvalue weighted by atomic mass is 9.84. The van der Waals surface area contributed by atoms with Gasteiger partial charge >= 0.3 is 0 Å². The standard InChI is InChI=1S/C21H31N3O2S.HI/c1-21(2,16-9-10-18(25-5)19(14-16)26-6)15-23-20(22-3)24(4)12-11-17-8-7-13-27-17;/h7-10,13-14H,11-12,15H2,1-6H3,(H,22,23);1H. The molecule has 1 N–H and O–H groups in total. The number of benzene rings is 1. The van der Waals surface area contributed by atoms with Crippen LogP contribution in [0, 0.1) is 0 Å². The molecule has 0 saturated heterocycles. The zero-order chi connectivity index (χ0) is 19.9. The van der Waals surface area contributed by atoms with Gasteiger partial charge in [0.05, 0.1) is 14.2 Å². The number of rotatable bonds is 8. The molecule has 1 heterocycles. The van der Waals surface area contributed by atoms with E-state index >= 15 is 0 Å². The topological polar surface area (TPSA) is 46.1 Å². The van der Waals surface area contributed by atoms with Gasteiger partial charge in [0.15, 0.2) is 17.5 Å². The average Bonchev–Trinajstić information content (AvgIpc) is 3.19. The van der Waals surface area contributed by atoms with Gasteiger partial charge in [0.1, 0.15) is 0 Å². The van der Waals surface area contributed by atoms with Gasteiger partial charge in [0, 0.05) is 37.5 Å². The maximum Gasteiger partial charge on any atom is 0.193 e. The van der Waals surface area contributed by atoms with Gasteiger partial charge in [0.2, 0.25) is 0 Å². The first-order valence-electron chi connectivity index (χ1n) is 9.08. The molecule has 156 valence electrons. The third-order valence-electron chi connectivity index (χ3n) is 4.70. The summed E-state index contributed by atoms with van der Waals surface area (Å²) >= 11 is 1.80. The third-order valence-corrected chi connectivity index (χ3v) is 5.64. The number of guanidine groups is 1. The van der Waals surface area contributed by atoms with Gasteiger partial charge in [-0.15, -0.1) is 35.3 Å². The Bertz CT molecular complexity index is 748. The normalized spacial score (nSPS) is 11.6. The van der Waals surface area contributed by atoms with Crippen LogP contribution in [0.3, 0.4) is 0 Å². The average molecular weight is 517 g/mol. The van der Waals surface area contributed by atoms with Crippen molar-refractivity contribution in [2.45, 2.75) is 25.7 Å². The molecule has 0 atom stereocenters. The molecule has 0 amide bonds. The number of methoxy groups -OCH3 is 2. The molecule has 0 unspecified atom stereocenters. The molecule has 0 aliphatic rings. The van der Waals surface area contributed by atoms with Crippen LogP contribution >= 0.6 is 35.3 Å². The van der Waals surface area contributed by atoms with E-state index in [-0.39, 0.29) is 29.4 Å². The smallest absolute Gasteiger partial charge is 0.193 e. The summed E-state index contributed by atoms with van der Waals surface area (Å²) in [7, 11) is 7.22. The second-order valence-electron chi connectivity index (χ2n) is 7.11. The minimum atomic E-state index is -0.0932. The van der Waals surface area contributed by atoms with E-state index in [0.717, 1.165) is 37.0 Å². The van der Waals surface area contributed by atoms with E-state index in [1.807, 2.05) is 19.2 Å². The van der Waals surface area contributed by atoms with Gasteiger partial charge < -0.3 is 19.7 Å². The molecule has 0 saturated carbocycles. The highest BCUT2D eigenvalue weighted by molar-refractivity contribution is 14.0. The van der Waals surface area contributed by atoms with E-state index < -0.39 is 0 Å². The number of aliphatic imine (C=N–C) groups is 1. The van der Waals surface area contributed by atoms with Crippen LogP contribution in [0.15, 0.2) is 40.7 Å². The summed E-state index contributed by atoms with van der Waals surface area (Å²) in [6.45, 7) is 6.11.